The summed E-state index contributed by atoms with van der Waals surface area (Å²) in [6.45, 7) is 0. The number of hydrogen-bond acceptors (Lipinski definition) is 6. The van der Waals surface area contributed by atoms with E-state index < -0.39 is 0 Å². The molecule has 1 aromatic heterocycles. The smallest absolute Gasteiger partial charge is 0.169 e. The molecule has 0 aliphatic rings. The SMILES string of the molecule is Oc1cc(O)c2c(O)c(Cc3ccc(O)c(O)c3)oc2c1. The van der Waals surface area contributed by atoms with Gasteiger partial charge in [-0.15, -0.1) is 0 Å². The van der Waals surface area contributed by atoms with Crippen LogP contribution in [0.3, 0.4) is 0 Å². The molecule has 0 saturated carbocycles. The van der Waals surface area contributed by atoms with Crippen molar-refractivity contribution >= 4 is 11.0 Å². The lowest BCUT2D eigenvalue weighted by Crippen LogP contribution is -1.86. The quantitative estimate of drug-likeness (QED) is 0.463. The first-order valence-corrected chi connectivity index (χ1v) is 6.13. The second-order valence-corrected chi connectivity index (χ2v) is 4.71. The van der Waals surface area contributed by atoms with E-state index in [9.17, 15) is 25.5 Å². The molecular formula is C15H12O6. The Bertz CT molecular complexity index is 834. The Morgan fingerprint density at radius 2 is 1.57 bits per heavy atom. The van der Waals surface area contributed by atoms with E-state index in [2.05, 4.69) is 0 Å². The molecule has 0 unspecified atom stereocenters. The van der Waals surface area contributed by atoms with Crippen LogP contribution in [0.25, 0.3) is 11.0 Å². The molecule has 0 radical (unpaired) electrons. The summed E-state index contributed by atoms with van der Waals surface area (Å²) in [5.41, 5.74) is 0.756. The Hall–Kier alpha value is -3.02. The molecule has 6 heteroatoms. The summed E-state index contributed by atoms with van der Waals surface area (Å²) in [5, 5.41) is 48.1. The van der Waals surface area contributed by atoms with Gasteiger partial charge in [0.05, 0.1) is 0 Å². The van der Waals surface area contributed by atoms with Gasteiger partial charge in [-0.2, -0.15) is 0 Å². The molecule has 5 N–H and O–H groups in total. The first-order chi connectivity index (χ1) is 9.95. The predicted octanol–water partition coefficient (Wildman–Crippen LogP) is 2.55. The molecule has 0 fully saturated rings. The Morgan fingerprint density at radius 3 is 2.29 bits per heavy atom. The van der Waals surface area contributed by atoms with Gasteiger partial charge < -0.3 is 29.9 Å². The lowest BCUT2D eigenvalue weighted by molar-refractivity contribution is 0.403. The Morgan fingerprint density at radius 1 is 0.810 bits per heavy atom. The van der Waals surface area contributed by atoms with Gasteiger partial charge in [-0.25, -0.2) is 0 Å². The number of phenolic OH excluding ortho intramolecular Hbond substituents is 4. The first kappa shape index (κ1) is 13.0. The topological polar surface area (TPSA) is 114 Å². The van der Waals surface area contributed by atoms with Crippen LogP contribution in [0.4, 0.5) is 0 Å². The molecular weight excluding hydrogens is 276 g/mol. The van der Waals surface area contributed by atoms with Crippen molar-refractivity contribution in [3.63, 3.8) is 0 Å². The van der Waals surface area contributed by atoms with Crippen molar-refractivity contribution in [1.29, 1.82) is 0 Å². The molecule has 0 atom stereocenters. The fraction of sp³-hybridized carbons (Fsp3) is 0.0667. The van der Waals surface area contributed by atoms with Crippen LogP contribution >= 0.6 is 0 Å². The minimum Gasteiger partial charge on any atom is -0.508 e. The van der Waals surface area contributed by atoms with Crippen molar-refractivity contribution < 1.29 is 29.9 Å². The van der Waals surface area contributed by atoms with E-state index in [1.807, 2.05) is 0 Å². The zero-order valence-electron chi connectivity index (χ0n) is 10.7. The number of phenols is 4. The third kappa shape index (κ3) is 2.16. The normalized spacial score (nSPS) is 11.0. The van der Waals surface area contributed by atoms with E-state index >= 15 is 0 Å². The zero-order valence-corrected chi connectivity index (χ0v) is 10.7. The first-order valence-electron chi connectivity index (χ1n) is 6.13. The summed E-state index contributed by atoms with van der Waals surface area (Å²) in [4.78, 5) is 0. The second kappa shape index (κ2) is 4.52. The van der Waals surface area contributed by atoms with Gasteiger partial charge in [-0.3, -0.25) is 0 Å². The average Bonchev–Trinajstić information content (AvgIpc) is 2.70. The van der Waals surface area contributed by atoms with Crippen molar-refractivity contribution in [3.05, 3.63) is 41.7 Å². The maximum atomic E-state index is 10.1. The van der Waals surface area contributed by atoms with Crippen molar-refractivity contribution in [1.82, 2.24) is 0 Å². The number of furan rings is 1. The van der Waals surface area contributed by atoms with Crippen LogP contribution in [-0.4, -0.2) is 25.5 Å². The third-order valence-electron chi connectivity index (χ3n) is 3.20. The second-order valence-electron chi connectivity index (χ2n) is 4.71. The molecule has 0 spiro atoms. The van der Waals surface area contributed by atoms with E-state index in [1.54, 1.807) is 6.07 Å². The van der Waals surface area contributed by atoms with Gasteiger partial charge >= 0.3 is 0 Å². The van der Waals surface area contributed by atoms with Gasteiger partial charge in [0.2, 0.25) is 0 Å². The molecule has 0 aliphatic carbocycles. The molecule has 1 heterocycles. The van der Waals surface area contributed by atoms with E-state index in [-0.39, 0.29) is 51.9 Å². The van der Waals surface area contributed by atoms with Crippen molar-refractivity contribution in [2.45, 2.75) is 6.42 Å². The van der Waals surface area contributed by atoms with Crippen LogP contribution in [0, 0.1) is 0 Å². The van der Waals surface area contributed by atoms with Crippen LogP contribution in [-0.2, 0) is 6.42 Å². The fourth-order valence-corrected chi connectivity index (χ4v) is 2.21. The molecule has 0 bridgehead atoms. The number of rotatable bonds is 2. The fourth-order valence-electron chi connectivity index (χ4n) is 2.21. The van der Waals surface area contributed by atoms with E-state index in [1.165, 1.54) is 18.2 Å². The molecule has 3 rings (SSSR count). The number of hydrogen-bond donors (Lipinski definition) is 5. The highest BCUT2D eigenvalue weighted by Gasteiger charge is 2.18. The molecule has 2 aromatic carbocycles. The summed E-state index contributed by atoms with van der Waals surface area (Å²) < 4.78 is 5.42. The largest absolute Gasteiger partial charge is 0.508 e. The van der Waals surface area contributed by atoms with Crippen LogP contribution in [0.15, 0.2) is 34.7 Å². The molecule has 0 saturated heterocycles. The zero-order chi connectivity index (χ0) is 15.1. The third-order valence-corrected chi connectivity index (χ3v) is 3.20. The average molecular weight is 288 g/mol. The lowest BCUT2D eigenvalue weighted by Gasteiger charge is -2.02. The predicted molar refractivity (Wildman–Crippen MR) is 73.8 cm³/mol. The maximum absolute atomic E-state index is 10.1. The molecule has 108 valence electrons. The van der Waals surface area contributed by atoms with E-state index in [4.69, 9.17) is 4.42 Å². The van der Waals surface area contributed by atoms with Crippen LogP contribution in [0.5, 0.6) is 28.7 Å². The summed E-state index contributed by atoms with van der Waals surface area (Å²) in [6, 6.07) is 6.63. The monoisotopic (exact) mass is 288 g/mol. The Kier molecular flexibility index (Phi) is 2.79. The number of benzene rings is 2. The Balaban J connectivity index is 2.06. The highest BCUT2D eigenvalue weighted by molar-refractivity contribution is 5.92. The van der Waals surface area contributed by atoms with Crippen molar-refractivity contribution in [2.75, 3.05) is 0 Å². The van der Waals surface area contributed by atoms with Gasteiger partial charge in [0.1, 0.15) is 22.5 Å². The van der Waals surface area contributed by atoms with Crippen LogP contribution < -0.4 is 0 Å². The van der Waals surface area contributed by atoms with E-state index in [0.717, 1.165) is 6.07 Å². The summed E-state index contributed by atoms with van der Waals surface area (Å²) in [7, 11) is 0. The highest BCUT2D eigenvalue weighted by Crippen LogP contribution is 2.41. The standard InChI is InChI=1S/C15H12O6/c16-8-5-11(19)14-12(6-8)21-13(15(14)20)4-7-1-2-9(17)10(18)3-7/h1-3,5-6,16-20H,4H2. The van der Waals surface area contributed by atoms with Gasteiger partial charge in [-0.05, 0) is 17.7 Å². The van der Waals surface area contributed by atoms with Gasteiger partial charge in [0.15, 0.2) is 23.0 Å². The molecule has 0 aliphatic heterocycles. The van der Waals surface area contributed by atoms with Gasteiger partial charge in [0, 0.05) is 18.6 Å². The van der Waals surface area contributed by atoms with Gasteiger partial charge in [0.25, 0.3) is 0 Å². The summed E-state index contributed by atoms with van der Waals surface area (Å²) >= 11 is 0. The molecule has 6 nitrogen and oxygen atoms in total. The van der Waals surface area contributed by atoms with Gasteiger partial charge in [-0.1, -0.05) is 6.07 Å². The van der Waals surface area contributed by atoms with Crippen molar-refractivity contribution in [2.24, 2.45) is 0 Å². The molecule has 0 amide bonds. The van der Waals surface area contributed by atoms with Crippen LogP contribution in [0.2, 0.25) is 0 Å². The molecule has 3 aromatic rings. The minimum atomic E-state index is -0.286. The highest BCUT2D eigenvalue weighted by atomic mass is 16.4. The number of aromatic hydroxyl groups is 5. The summed E-state index contributed by atoms with van der Waals surface area (Å²) in [6.07, 6.45) is 0.147. The number of fused-ring (bicyclic) bond motifs is 1. The summed E-state index contributed by atoms with van der Waals surface area (Å²) in [5.74, 6) is -1.03. The lowest BCUT2D eigenvalue weighted by atomic mass is 10.1. The molecule has 21 heavy (non-hydrogen) atoms. The van der Waals surface area contributed by atoms with E-state index in [0.29, 0.717) is 5.56 Å². The Labute approximate surface area is 118 Å². The van der Waals surface area contributed by atoms with Crippen LogP contribution in [0.1, 0.15) is 11.3 Å². The minimum absolute atomic E-state index is 0.116. The van der Waals surface area contributed by atoms with Crippen molar-refractivity contribution in [3.8, 4) is 28.7 Å². The maximum Gasteiger partial charge on any atom is 0.169 e.